The molecule has 1 aliphatic heterocycles. The maximum atomic E-state index is 13.0. The number of nitrogens with zero attached hydrogens (tertiary/aromatic N) is 3. The molecule has 6 heteroatoms. The van der Waals surface area contributed by atoms with E-state index in [1.54, 1.807) is 6.07 Å². The zero-order valence-electron chi connectivity index (χ0n) is 19.2. The summed E-state index contributed by atoms with van der Waals surface area (Å²) in [6.45, 7) is 5.35. The number of carbonyl (C=O) groups is 2. The average Bonchev–Trinajstić information content (AvgIpc) is 3.44. The van der Waals surface area contributed by atoms with Gasteiger partial charge in [-0.3, -0.25) is 9.59 Å². The first-order chi connectivity index (χ1) is 16.1. The van der Waals surface area contributed by atoms with E-state index >= 15 is 0 Å². The number of amides is 2. The molecule has 6 nitrogen and oxygen atoms in total. The third-order valence-corrected chi connectivity index (χ3v) is 6.62. The first-order valence-corrected chi connectivity index (χ1v) is 12.0. The van der Waals surface area contributed by atoms with Gasteiger partial charge in [0.2, 0.25) is 5.91 Å². The lowest BCUT2D eigenvalue weighted by Crippen LogP contribution is -2.35. The largest absolute Gasteiger partial charge is 0.454 e. The second-order valence-electron chi connectivity index (χ2n) is 9.17. The summed E-state index contributed by atoms with van der Waals surface area (Å²) in [5.74, 6) is 1.56. The molecule has 0 radical (unpaired) electrons. The van der Waals surface area contributed by atoms with Crippen molar-refractivity contribution in [2.24, 2.45) is 5.92 Å². The van der Waals surface area contributed by atoms with E-state index < -0.39 is 0 Å². The SMILES string of the molecule is CCCN(Cc1cccn1Cc1ccc(C(=O)N2CCc3ccccc3C2)o1)C(=O)C1CC1. The average molecular weight is 446 g/mol. The van der Waals surface area contributed by atoms with Crippen molar-refractivity contribution in [2.75, 3.05) is 13.1 Å². The minimum atomic E-state index is -0.0624. The van der Waals surface area contributed by atoms with E-state index in [4.69, 9.17) is 4.42 Å². The van der Waals surface area contributed by atoms with E-state index in [9.17, 15) is 9.59 Å². The lowest BCUT2D eigenvalue weighted by Gasteiger charge is -2.28. The van der Waals surface area contributed by atoms with Gasteiger partial charge in [-0.05, 0) is 61.1 Å². The monoisotopic (exact) mass is 445 g/mol. The Morgan fingerprint density at radius 1 is 1.06 bits per heavy atom. The Hall–Kier alpha value is -3.28. The summed E-state index contributed by atoms with van der Waals surface area (Å²) in [7, 11) is 0. The molecule has 2 amide bonds. The number of furan rings is 1. The third-order valence-electron chi connectivity index (χ3n) is 6.62. The summed E-state index contributed by atoms with van der Waals surface area (Å²) in [5, 5.41) is 0. The molecule has 0 atom stereocenters. The van der Waals surface area contributed by atoms with Crippen molar-refractivity contribution in [2.45, 2.75) is 52.2 Å². The Kier molecular flexibility index (Phi) is 6.07. The van der Waals surface area contributed by atoms with Crippen molar-refractivity contribution in [3.8, 4) is 0 Å². The van der Waals surface area contributed by atoms with Gasteiger partial charge in [0.05, 0.1) is 13.1 Å². The topological polar surface area (TPSA) is 58.7 Å². The minimum Gasteiger partial charge on any atom is -0.454 e. The molecule has 1 saturated carbocycles. The summed E-state index contributed by atoms with van der Waals surface area (Å²) < 4.78 is 8.07. The van der Waals surface area contributed by atoms with E-state index in [0.29, 0.717) is 31.9 Å². The van der Waals surface area contributed by atoms with Crippen molar-refractivity contribution in [3.63, 3.8) is 0 Å². The molecule has 0 N–H and O–H groups in total. The van der Waals surface area contributed by atoms with Gasteiger partial charge in [-0.2, -0.15) is 0 Å². The van der Waals surface area contributed by atoms with Crippen molar-refractivity contribution >= 4 is 11.8 Å². The molecule has 0 saturated heterocycles. The number of hydrogen-bond acceptors (Lipinski definition) is 3. The molecule has 3 heterocycles. The summed E-state index contributed by atoms with van der Waals surface area (Å²) >= 11 is 0. The van der Waals surface area contributed by atoms with Gasteiger partial charge in [-0.25, -0.2) is 0 Å². The lowest BCUT2D eigenvalue weighted by molar-refractivity contribution is -0.133. The Balaban J connectivity index is 1.25. The van der Waals surface area contributed by atoms with Crippen molar-refractivity contribution < 1.29 is 14.0 Å². The first kappa shape index (κ1) is 21.6. The number of rotatable bonds is 8. The minimum absolute atomic E-state index is 0.0624. The quantitative estimate of drug-likeness (QED) is 0.514. The van der Waals surface area contributed by atoms with E-state index in [-0.39, 0.29) is 17.7 Å². The van der Waals surface area contributed by atoms with Crippen LogP contribution in [0.4, 0.5) is 0 Å². The molecule has 2 aromatic heterocycles. The van der Waals surface area contributed by atoms with Gasteiger partial charge in [0.1, 0.15) is 5.76 Å². The van der Waals surface area contributed by atoms with Gasteiger partial charge in [0.25, 0.3) is 5.91 Å². The molecule has 3 aromatic rings. The van der Waals surface area contributed by atoms with Crippen LogP contribution in [0.3, 0.4) is 0 Å². The highest BCUT2D eigenvalue weighted by atomic mass is 16.4. The van der Waals surface area contributed by atoms with E-state index in [1.807, 2.05) is 40.3 Å². The van der Waals surface area contributed by atoms with Crippen LogP contribution in [-0.4, -0.2) is 39.3 Å². The van der Waals surface area contributed by atoms with Gasteiger partial charge < -0.3 is 18.8 Å². The van der Waals surface area contributed by atoms with Crippen molar-refractivity contribution in [1.82, 2.24) is 14.4 Å². The first-order valence-electron chi connectivity index (χ1n) is 12.0. The Morgan fingerprint density at radius 2 is 1.88 bits per heavy atom. The number of aromatic nitrogens is 1. The lowest BCUT2D eigenvalue weighted by atomic mass is 10.00. The molecule has 5 rings (SSSR count). The van der Waals surface area contributed by atoms with Crippen LogP contribution in [0.1, 0.15) is 59.3 Å². The Bertz CT molecular complexity index is 1140. The van der Waals surface area contributed by atoms with Gasteiger partial charge in [-0.15, -0.1) is 0 Å². The standard InChI is InChI=1S/C27H31N3O3/c1-2-14-29(26(31)21-9-10-21)18-23-8-5-15-28(23)19-24-11-12-25(33-24)27(32)30-16-13-20-6-3-4-7-22(20)17-30/h3-8,11-12,15,21H,2,9-10,13-14,16-19H2,1H3. The fourth-order valence-corrected chi connectivity index (χ4v) is 4.64. The van der Waals surface area contributed by atoms with Crippen LogP contribution in [0.2, 0.25) is 0 Å². The fraction of sp³-hybridized carbons (Fsp3) is 0.407. The van der Waals surface area contributed by atoms with Crippen molar-refractivity contribution in [1.29, 1.82) is 0 Å². The highest BCUT2D eigenvalue weighted by Crippen LogP contribution is 2.31. The number of hydrogen-bond donors (Lipinski definition) is 0. The molecular formula is C27H31N3O3. The number of benzene rings is 1. The molecule has 1 aromatic carbocycles. The van der Waals surface area contributed by atoms with Gasteiger partial charge in [-0.1, -0.05) is 31.2 Å². The molecule has 1 aliphatic carbocycles. The second kappa shape index (κ2) is 9.30. The highest BCUT2D eigenvalue weighted by molar-refractivity contribution is 5.91. The van der Waals surface area contributed by atoms with Gasteiger partial charge in [0, 0.05) is 37.4 Å². The second-order valence-corrected chi connectivity index (χ2v) is 9.17. The predicted molar refractivity (Wildman–Crippen MR) is 126 cm³/mol. The third kappa shape index (κ3) is 4.75. The molecular weight excluding hydrogens is 414 g/mol. The smallest absolute Gasteiger partial charge is 0.289 e. The zero-order valence-corrected chi connectivity index (χ0v) is 19.2. The van der Waals surface area contributed by atoms with Crippen LogP contribution in [0.15, 0.2) is 59.1 Å². The zero-order chi connectivity index (χ0) is 22.8. The molecule has 33 heavy (non-hydrogen) atoms. The van der Waals surface area contributed by atoms with Crippen LogP contribution >= 0.6 is 0 Å². The normalized spacial score (nSPS) is 15.4. The Labute approximate surface area is 194 Å². The molecule has 0 bridgehead atoms. The molecule has 1 fully saturated rings. The number of fused-ring (bicyclic) bond motifs is 1. The van der Waals surface area contributed by atoms with E-state index in [0.717, 1.165) is 43.7 Å². The van der Waals surface area contributed by atoms with Gasteiger partial charge >= 0.3 is 0 Å². The van der Waals surface area contributed by atoms with E-state index in [2.05, 4.69) is 29.7 Å². The molecule has 0 spiro atoms. The van der Waals surface area contributed by atoms with E-state index in [1.165, 1.54) is 11.1 Å². The maximum Gasteiger partial charge on any atom is 0.289 e. The summed E-state index contributed by atoms with van der Waals surface area (Å²) in [5.41, 5.74) is 3.60. The Morgan fingerprint density at radius 3 is 2.67 bits per heavy atom. The van der Waals surface area contributed by atoms with Crippen LogP contribution in [0, 0.1) is 5.92 Å². The predicted octanol–water partition coefficient (Wildman–Crippen LogP) is 4.48. The molecule has 172 valence electrons. The van der Waals surface area contributed by atoms with Crippen molar-refractivity contribution in [3.05, 3.63) is 83.1 Å². The highest BCUT2D eigenvalue weighted by Gasteiger charge is 2.33. The summed E-state index contributed by atoms with van der Waals surface area (Å²) in [4.78, 5) is 29.5. The van der Waals surface area contributed by atoms with Gasteiger partial charge in [0.15, 0.2) is 5.76 Å². The molecule has 0 unspecified atom stereocenters. The number of carbonyl (C=O) groups excluding carboxylic acids is 2. The summed E-state index contributed by atoms with van der Waals surface area (Å²) in [6, 6.07) is 16.0. The maximum absolute atomic E-state index is 13.0. The van der Waals surface area contributed by atoms with Crippen LogP contribution in [-0.2, 0) is 30.8 Å². The summed E-state index contributed by atoms with van der Waals surface area (Å²) in [6.07, 6.45) is 5.87. The van der Waals surface area contributed by atoms with Crippen LogP contribution in [0.25, 0.3) is 0 Å². The van der Waals surface area contributed by atoms with Crippen LogP contribution in [0.5, 0.6) is 0 Å². The fourth-order valence-electron chi connectivity index (χ4n) is 4.64. The van der Waals surface area contributed by atoms with Crippen LogP contribution < -0.4 is 0 Å². The molecule has 2 aliphatic rings.